The molecular formula is C18H37N3. The SMILES string of the molecule is CCCC1CCC(NC)C(N2CCN(CC(C)C)CC2)C1. The van der Waals surface area contributed by atoms with E-state index in [-0.39, 0.29) is 0 Å². The Bertz CT molecular complexity index is 284. The van der Waals surface area contributed by atoms with Gasteiger partial charge in [0.2, 0.25) is 0 Å². The molecule has 0 amide bonds. The largest absolute Gasteiger partial charge is 0.315 e. The molecule has 3 unspecified atom stereocenters. The van der Waals surface area contributed by atoms with Crippen LogP contribution in [0.2, 0.25) is 0 Å². The van der Waals surface area contributed by atoms with Crippen LogP contribution in [0, 0.1) is 11.8 Å². The van der Waals surface area contributed by atoms with Gasteiger partial charge in [-0.15, -0.1) is 0 Å². The van der Waals surface area contributed by atoms with E-state index < -0.39 is 0 Å². The maximum Gasteiger partial charge on any atom is 0.0252 e. The molecule has 1 aliphatic carbocycles. The molecule has 0 aromatic rings. The van der Waals surface area contributed by atoms with Crippen molar-refractivity contribution in [3.05, 3.63) is 0 Å². The standard InChI is InChI=1S/C18H37N3/c1-5-6-16-7-8-17(19-4)18(13-16)21-11-9-20(10-12-21)14-15(2)3/h15-19H,5-14H2,1-4H3. The van der Waals surface area contributed by atoms with Crippen molar-refractivity contribution in [2.75, 3.05) is 39.8 Å². The quantitative estimate of drug-likeness (QED) is 0.813. The Labute approximate surface area is 132 Å². The van der Waals surface area contributed by atoms with Crippen LogP contribution in [0.5, 0.6) is 0 Å². The molecule has 1 aliphatic heterocycles. The highest BCUT2D eigenvalue weighted by molar-refractivity contribution is 4.92. The second kappa shape index (κ2) is 8.50. The Balaban J connectivity index is 1.86. The second-order valence-corrected chi connectivity index (χ2v) is 7.66. The predicted octanol–water partition coefficient (Wildman–Crippen LogP) is 2.82. The first-order chi connectivity index (χ1) is 10.1. The molecule has 2 rings (SSSR count). The van der Waals surface area contributed by atoms with Crippen molar-refractivity contribution >= 4 is 0 Å². The average Bonchev–Trinajstić information content (AvgIpc) is 2.48. The maximum atomic E-state index is 3.60. The smallest absolute Gasteiger partial charge is 0.0252 e. The van der Waals surface area contributed by atoms with Gasteiger partial charge in [0.25, 0.3) is 0 Å². The van der Waals surface area contributed by atoms with Crippen LogP contribution in [0.1, 0.15) is 52.9 Å². The van der Waals surface area contributed by atoms with Crippen LogP contribution >= 0.6 is 0 Å². The molecule has 2 aliphatic rings. The minimum Gasteiger partial charge on any atom is -0.315 e. The molecular weight excluding hydrogens is 258 g/mol. The molecule has 124 valence electrons. The molecule has 0 bridgehead atoms. The third kappa shape index (κ3) is 4.94. The highest BCUT2D eigenvalue weighted by Crippen LogP contribution is 2.31. The van der Waals surface area contributed by atoms with E-state index in [2.05, 4.69) is 42.9 Å². The summed E-state index contributed by atoms with van der Waals surface area (Å²) in [5.41, 5.74) is 0. The van der Waals surface area contributed by atoms with Gasteiger partial charge in [0.1, 0.15) is 0 Å². The molecule has 0 aromatic carbocycles. The summed E-state index contributed by atoms with van der Waals surface area (Å²) in [5.74, 6) is 1.77. The zero-order valence-electron chi connectivity index (χ0n) is 14.8. The van der Waals surface area contributed by atoms with E-state index in [0.717, 1.165) is 23.9 Å². The third-order valence-electron chi connectivity index (χ3n) is 5.49. The second-order valence-electron chi connectivity index (χ2n) is 7.66. The number of likely N-dealkylation sites (N-methyl/N-ethyl adjacent to an activating group) is 1. The highest BCUT2D eigenvalue weighted by Gasteiger charge is 2.34. The third-order valence-corrected chi connectivity index (χ3v) is 5.49. The van der Waals surface area contributed by atoms with E-state index in [1.54, 1.807) is 0 Å². The predicted molar refractivity (Wildman–Crippen MR) is 91.7 cm³/mol. The number of hydrogen-bond acceptors (Lipinski definition) is 3. The first-order valence-corrected chi connectivity index (χ1v) is 9.27. The molecule has 21 heavy (non-hydrogen) atoms. The van der Waals surface area contributed by atoms with Crippen LogP contribution in [0.15, 0.2) is 0 Å². The number of nitrogens with one attached hydrogen (secondary N) is 1. The lowest BCUT2D eigenvalue weighted by Gasteiger charge is -2.46. The lowest BCUT2D eigenvalue weighted by Crippen LogP contribution is -2.58. The summed E-state index contributed by atoms with van der Waals surface area (Å²) in [7, 11) is 2.16. The van der Waals surface area contributed by atoms with Gasteiger partial charge in [-0.3, -0.25) is 4.90 Å². The van der Waals surface area contributed by atoms with E-state index in [1.165, 1.54) is 64.8 Å². The van der Waals surface area contributed by atoms with Gasteiger partial charge >= 0.3 is 0 Å². The van der Waals surface area contributed by atoms with Crippen molar-refractivity contribution in [1.29, 1.82) is 0 Å². The average molecular weight is 296 g/mol. The normalized spacial score (nSPS) is 32.7. The van der Waals surface area contributed by atoms with Gasteiger partial charge in [0, 0.05) is 44.8 Å². The van der Waals surface area contributed by atoms with Crippen LogP contribution in [0.4, 0.5) is 0 Å². The first kappa shape index (κ1) is 17.2. The van der Waals surface area contributed by atoms with Crippen molar-refractivity contribution in [3.63, 3.8) is 0 Å². The summed E-state index contributed by atoms with van der Waals surface area (Å²) in [6, 6.07) is 1.50. The van der Waals surface area contributed by atoms with Gasteiger partial charge < -0.3 is 10.2 Å². The van der Waals surface area contributed by atoms with Gasteiger partial charge in [-0.1, -0.05) is 33.6 Å². The number of nitrogens with zero attached hydrogens (tertiary/aromatic N) is 2. The zero-order valence-corrected chi connectivity index (χ0v) is 14.8. The zero-order chi connectivity index (χ0) is 15.2. The highest BCUT2D eigenvalue weighted by atomic mass is 15.3. The fraction of sp³-hybridized carbons (Fsp3) is 1.00. The van der Waals surface area contributed by atoms with Crippen LogP contribution in [-0.2, 0) is 0 Å². The molecule has 1 saturated carbocycles. The molecule has 2 fully saturated rings. The van der Waals surface area contributed by atoms with Crippen LogP contribution in [0.3, 0.4) is 0 Å². The first-order valence-electron chi connectivity index (χ1n) is 9.27. The van der Waals surface area contributed by atoms with Gasteiger partial charge in [0.15, 0.2) is 0 Å². The van der Waals surface area contributed by atoms with E-state index in [4.69, 9.17) is 0 Å². The topological polar surface area (TPSA) is 18.5 Å². The van der Waals surface area contributed by atoms with Crippen molar-refractivity contribution in [2.45, 2.75) is 65.0 Å². The van der Waals surface area contributed by atoms with Gasteiger partial charge in [0.05, 0.1) is 0 Å². The molecule has 3 nitrogen and oxygen atoms in total. The number of rotatable bonds is 6. The fourth-order valence-electron chi connectivity index (χ4n) is 4.44. The summed E-state index contributed by atoms with van der Waals surface area (Å²) < 4.78 is 0. The van der Waals surface area contributed by atoms with E-state index in [1.807, 2.05) is 0 Å². The van der Waals surface area contributed by atoms with Crippen molar-refractivity contribution in [1.82, 2.24) is 15.1 Å². The van der Waals surface area contributed by atoms with Crippen LogP contribution in [-0.4, -0.2) is 61.7 Å². The maximum absolute atomic E-state index is 3.60. The van der Waals surface area contributed by atoms with Crippen LogP contribution in [0.25, 0.3) is 0 Å². The number of piperazine rings is 1. The van der Waals surface area contributed by atoms with E-state index in [0.29, 0.717) is 0 Å². The summed E-state index contributed by atoms with van der Waals surface area (Å²) in [5, 5.41) is 3.60. The molecule has 3 atom stereocenters. The minimum atomic E-state index is 0.717. The minimum absolute atomic E-state index is 0.717. The molecule has 0 radical (unpaired) electrons. The Hall–Kier alpha value is -0.120. The van der Waals surface area contributed by atoms with Gasteiger partial charge in [-0.2, -0.15) is 0 Å². The van der Waals surface area contributed by atoms with Crippen molar-refractivity contribution in [3.8, 4) is 0 Å². The Morgan fingerprint density at radius 1 is 1.10 bits per heavy atom. The number of hydrogen-bond donors (Lipinski definition) is 1. The molecule has 0 spiro atoms. The molecule has 0 aromatic heterocycles. The summed E-state index contributed by atoms with van der Waals surface area (Å²) in [6.07, 6.45) is 7.01. The molecule has 1 N–H and O–H groups in total. The lowest BCUT2D eigenvalue weighted by molar-refractivity contribution is 0.0447. The Morgan fingerprint density at radius 3 is 2.38 bits per heavy atom. The Morgan fingerprint density at radius 2 is 1.81 bits per heavy atom. The van der Waals surface area contributed by atoms with E-state index in [9.17, 15) is 0 Å². The lowest BCUT2D eigenvalue weighted by atomic mass is 9.79. The van der Waals surface area contributed by atoms with E-state index >= 15 is 0 Å². The van der Waals surface area contributed by atoms with Crippen molar-refractivity contribution < 1.29 is 0 Å². The van der Waals surface area contributed by atoms with Gasteiger partial charge in [-0.25, -0.2) is 0 Å². The summed E-state index contributed by atoms with van der Waals surface area (Å²) >= 11 is 0. The van der Waals surface area contributed by atoms with Crippen LogP contribution < -0.4 is 5.32 Å². The molecule has 3 heteroatoms. The Kier molecular flexibility index (Phi) is 6.97. The molecule has 1 heterocycles. The van der Waals surface area contributed by atoms with Crippen molar-refractivity contribution in [2.24, 2.45) is 11.8 Å². The van der Waals surface area contributed by atoms with Gasteiger partial charge in [-0.05, 0) is 38.1 Å². The molecule has 1 saturated heterocycles. The summed E-state index contributed by atoms with van der Waals surface area (Å²) in [6.45, 7) is 13.4. The summed E-state index contributed by atoms with van der Waals surface area (Å²) in [4.78, 5) is 5.45. The monoisotopic (exact) mass is 295 g/mol. The fourth-order valence-corrected chi connectivity index (χ4v) is 4.44.